The Labute approximate surface area is 165 Å². The van der Waals surface area contributed by atoms with E-state index in [-0.39, 0.29) is 19.6 Å². The molecule has 1 aromatic carbocycles. The summed E-state index contributed by atoms with van der Waals surface area (Å²) in [5.74, 6) is -4.34. The summed E-state index contributed by atoms with van der Waals surface area (Å²) in [6.45, 7) is 7.32. The number of ether oxygens (including phenoxy) is 3. The minimum absolute atomic E-state index is 0.110. The van der Waals surface area contributed by atoms with Crippen molar-refractivity contribution >= 4 is 17.7 Å². The topological polar surface area (TPSA) is 99.1 Å². The highest BCUT2D eigenvalue weighted by Crippen LogP contribution is 2.46. The van der Waals surface area contributed by atoms with Crippen molar-refractivity contribution in [2.24, 2.45) is 11.8 Å². The van der Waals surface area contributed by atoms with Gasteiger partial charge in [0.25, 0.3) is 0 Å². The molecule has 0 saturated heterocycles. The zero-order valence-corrected chi connectivity index (χ0v) is 16.8. The van der Waals surface area contributed by atoms with Gasteiger partial charge in [-0.2, -0.15) is 0 Å². The molecular formula is C21H28O7. The van der Waals surface area contributed by atoms with Gasteiger partial charge in [0.1, 0.15) is 11.7 Å². The largest absolute Gasteiger partial charge is 0.494 e. The molecule has 0 bridgehead atoms. The number of hydrogen-bond donors (Lipinski definition) is 1. The van der Waals surface area contributed by atoms with E-state index < -0.39 is 41.1 Å². The van der Waals surface area contributed by atoms with Crippen molar-refractivity contribution in [1.29, 1.82) is 0 Å². The third-order valence-electron chi connectivity index (χ3n) is 4.92. The molecule has 0 aromatic heterocycles. The molecular weight excluding hydrogens is 364 g/mol. The van der Waals surface area contributed by atoms with E-state index >= 15 is 0 Å². The van der Waals surface area contributed by atoms with E-state index in [0.29, 0.717) is 17.9 Å². The van der Waals surface area contributed by atoms with E-state index in [1.165, 1.54) is 6.92 Å². The first-order chi connectivity index (χ1) is 13.3. The second kappa shape index (κ2) is 9.19. The Balaban J connectivity index is 2.56. The van der Waals surface area contributed by atoms with Crippen LogP contribution >= 0.6 is 0 Å². The van der Waals surface area contributed by atoms with Gasteiger partial charge in [0.05, 0.1) is 31.3 Å². The van der Waals surface area contributed by atoms with Crippen LogP contribution in [0.15, 0.2) is 24.3 Å². The molecule has 0 spiro atoms. The summed E-state index contributed by atoms with van der Waals surface area (Å²) < 4.78 is 15.7. The fourth-order valence-corrected chi connectivity index (χ4v) is 3.83. The minimum atomic E-state index is -1.64. The Morgan fingerprint density at radius 3 is 2.14 bits per heavy atom. The molecule has 1 aliphatic rings. The zero-order chi connectivity index (χ0) is 20.9. The Bertz CT molecular complexity index is 708. The van der Waals surface area contributed by atoms with E-state index in [1.807, 2.05) is 6.92 Å². The van der Waals surface area contributed by atoms with Crippen molar-refractivity contribution < 1.29 is 33.7 Å². The third kappa shape index (κ3) is 4.52. The second-order valence-electron chi connectivity index (χ2n) is 6.99. The molecule has 7 heteroatoms. The van der Waals surface area contributed by atoms with Gasteiger partial charge in [-0.25, -0.2) is 0 Å². The molecule has 0 heterocycles. The number of ketones is 1. The Morgan fingerprint density at radius 2 is 1.61 bits per heavy atom. The molecule has 0 unspecified atom stereocenters. The van der Waals surface area contributed by atoms with Crippen molar-refractivity contribution in [2.75, 3.05) is 19.8 Å². The summed E-state index contributed by atoms with van der Waals surface area (Å²) in [6, 6.07) is 6.81. The van der Waals surface area contributed by atoms with Crippen LogP contribution in [0.1, 0.15) is 45.6 Å². The summed E-state index contributed by atoms with van der Waals surface area (Å²) in [6.07, 6.45) is -0.326. The highest BCUT2D eigenvalue weighted by Gasteiger charge is 2.57. The third-order valence-corrected chi connectivity index (χ3v) is 4.92. The van der Waals surface area contributed by atoms with Gasteiger partial charge in [-0.05, 0) is 45.4 Å². The SMILES string of the molecule is CCOC(=O)[C@H]1C(=O)C[C@](C)(O)[C@@H](C(=O)OCC)[C@@H]1c1ccc(OCC)cc1. The lowest BCUT2D eigenvalue weighted by Gasteiger charge is -2.43. The fourth-order valence-electron chi connectivity index (χ4n) is 3.83. The van der Waals surface area contributed by atoms with Gasteiger partial charge >= 0.3 is 11.9 Å². The van der Waals surface area contributed by atoms with Crippen LogP contribution in [-0.2, 0) is 23.9 Å². The number of Topliss-reactive ketones (excluding diaryl/α,β-unsaturated/α-hetero) is 1. The lowest BCUT2D eigenvalue weighted by Crippen LogP contribution is -2.55. The normalized spacial score (nSPS) is 27.2. The smallest absolute Gasteiger partial charge is 0.317 e. The molecule has 7 nitrogen and oxygen atoms in total. The maximum atomic E-state index is 12.8. The van der Waals surface area contributed by atoms with Gasteiger partial charge in [0.2, 0.25) is 0 Å². The molecule has 1 aromatic rings. The molecule has 1 fully saturated rings. The highest BCUT2D eigenvalue weighted by atomic mass is 16.5. The molecule has 2 rings (SSSR count). The molecule has 154 valence electrons. The van der Waals surface area contributed by atoms with E-state index in [9.17, 15) is 19.5 Å². The minimum Gasteiger partial charge on any atom is -0.494 e. The average molecular weight is 392 g/mol. The number of benzene rings is 1. The number of aliphatic hydroxyl groups is 1. The molecule has 1 saturated carbocycles. The quantitative estimate of drug-likeness (QED) is 0.561. The molecule has 0 amide bonds. The molecule has 1 aliphatic carbocycles. The zero-order valence-electron chi connectivity index (χ0n) is 16.8. The predicted molar refractivity (Wildman–Crippen MR) is 101 cm³/mol. The van der Waals surface area contributed by atoms with Crippen LogP contribution in [0.2, 0.25) is 0 Å². The van der Waals surface area contributed by atoms with Crippen molar-refractivity contribution in [3.05, 3.63) is 29.8 Å². The Morgan fingerprint density at radius 1 is 1.04 bits per heavy atom. The lowest BCUT2D eigenvalue weighted by molar-refractivity contribution is -0.172. The predicted octanol–water partition coefficient (Wildman–Crippen LogP) is 2.25. The number of hydrogen-bond acceptors (Lipinski definition) is 7. The Hall–Kier alpha value is -2.41. The van der Waals surface area contributed by atoms with Crippen molar-refractivity contribution in [1.82, 2.24) is 0 Å². The van der Waals surface area contributed by atoms with E-state index in [0.717, 1.165) is 0 Å². The summed E-state index contributed by atoms with van der Waals surface area (Å²) in [4.78, 5) is 38.1. The van der Waals surface area contributed by atoms with Crippen LogP contribution in [0.25, 0.3) is 0 Å². The second-order valence-corrected chi connectivity index (χ2v) is 6.99. The van der Waals surface area contributed by atoms with Crippen molar-refractivity contribution in [3.8, 4) is 5.75 Å². The van der Waals surface area contributed by atoms with Gasteiger partial charge in [0.15, 0.2) is 5.78 Å². The van der Waals surface area contributed by atoms with Crippen molar-refractivity contribution in [2.45, 2.75) is 45.6 Å². The van der Waals surface area contributed by atoms with E-state index in [4.69, 9.17) is 14.2 Å². The molecule has 4 atom stereocenters. The van der Waals surface area contributed by atoms with E-state index in [2.05, 4.69) is 0 Å². The van der Waals surface area contributed by atoms with Gasteiger partial charge in [0, 0.05) is 12.3 Å². The van der Waals surface area contributed by atoms with Crippen LogP contribution < -0.4 is 4.74 Å². The highest BCUT2D eigenvalue weighted by molar-refractivity contribution is 6.02. The lowest BCUT2D eigenvalue weighted by atomic mass is 9.61. The van der Waals surface area contributed by atoms with Crippen LogP contribution in [0.4, 0.5) is 0 Å². The van der Waals surface area contributed by atoms with Crippen LogP contribution in [0, 0.1) is 11.8 Å². The summed E-state index contributed by atoms with van der Waals surface area (Å²) in [5.41, 5.74) is -1.08. The molecule has 0 aliphatic heterocycles. The van der Waals surface area contributed by atoms with Crippen LogP contribution in [0.3, 0.4) is 0 Å². The fraction of sp³-hybridized carbons (Fsp3) is 0.571. The molecule has 0 radical (unpaired) electrons. The van der Waals surface area contributed by atoms with Crippen LogP contribution in [0.5, 0.6) is 5.75 Å². The maximum absolute atomic E-state index is 12.8. The number of carbonyl (C=O) groups is 3. The Kier molecular flexibility index (Phi) is 7.18. The standard InChI is InChI=1S/C21H28O7/c1-5-26-14-10-8-13(9-11-14)16-17(19(23)27-6-2)15(22)12-21(4,25)18(16)20(24)28-7-3/h8-11,16-18,25H,5-7,12H2,1-4H3/t16-,17+,18-,21+/m1/s1. The molecule has 1 N–H and O–H groups in total. The van der Waals surface area contributed by atoms with Gasteiger partial charge in [-0.15, -0.1) is 0 Å². The van der Waals surface area contributed by atoms with Gasteiger partial charge < -0.3 is 19.3 Å². The van der Waals surface area contributed by atoms with Gasteiger partial charge in [-0.1, -0.05) is 12.1 Å². The monoisotopic (exact) mass is 392 g/mol. The first-order valence-corrected chi connectivity index (χ1v) is 9.57. The number of carbonyl (C=O) groups excluding carboxylic acids is 3. The first kappa shape index (κ1) is 21.9. The maximum Gasteiger partial charge on any atom is 0.317 e. The number of rotatable bonds is 7. The van der Waals surface area contributed by atoms with Gasteiger partial charge in [-0.3, -0.25) is 14.4 Å². The van der Waals surface area contributed by atoms with Crippen LogP contribution in [-0.4, -0.2) is 48.3 Å². The average Bonchev–Trinajstić information content (AvgIpc) is 2.61. The van der Waals surface area contributed by atoms with Crippen molar-refractivity contribution in [3.63, 3.8) is 0 Å². The summed E-state index contributed by atoms with van der Waals surface area (Å²) in [7, 11) is 0. The number of esters is 2. The first-order valence-electron chi connectivity index (χ1n) is 9.57. The summed E-state index contributed by atoms with van der Waals surface area (Å²) in [5, 5.41) is 10.9. The van der Waals surface area contributed by atoms with E-state index in [1.54, 1.807) is 38.1 Å². The summed E-state index contributed by atoms with van der Waals surface area (Å²) >= 11 is 0. The molecule has 28 heavy (non-hydrogen) atoms.